The molecule has 1 aromatic heterocycles. The predicted octanol–water partition coefficient (Wildman–Crippen LogP) is 6.28. The summed E-state index contributed by atoms with van der Waals surface area (Å²) in [5.41, 5.74) is 4.69. The van der Waals surface area contributed by atoms with Crippen LogP contribution < -0.4 is 10.1 Å². The Morgan fingerprint density at radius 1 is 0.861 bits per heavy atom. The molecule has 0 saturated heterocycles. The number of amides is 1. The highest BCUT2D eigenvalue weighted by Crippen LogP contribution is 2.19. The summed E-state index contributed by atoms with van der Waals surface area (Å²) < 4.78 is 8.28. The number of imidazole rings is 1. The number of aromatic nitrogens is 2. The fraction of sp³-hybridized carbons (Fsp3) is 0.355. The number of hydrogen-bond acceptors (Lipinski definition) is 3. The number of fused-ring (bicyclic) bond motifs is 1. The van der Waals surface area contributed by atoms with E-state index in [0.717, 1.165) is 68.7 Å². The summed E-state index contributed by atoms with van der Waals surface area (Å²) in [6, 6.07) is 26.7. The summed E-state index contributed by atoms with van der Waals surface area (Å²) in [5, 5.41) is 3.06. The molecular formula is C31H37N3O2. The van der Waals surface area contributed by atoms with Gasteiger partial charge in [-0.2, -0.15) is 0 Å². The molecule has 1 heterocycles. The van der Waals surface area contributed by atoms with E-state index in [1.54, 1.807) is 0 Å². The molecule has 188 valence electrons. The average Bonchev–Trinajstić information content (AvgIpc) is 3.26. The van der Waals surface area contributed by atoms with E-state index in [1.165, 1.54) is 16.6 Å². The van der Waals surface area contributed by atoms with Crippen LogP contribution in [0, 0.1) is 6.92 Å². The van der Waals surface area contributed by atoms with E-state index in [4.69, 9.17) is 9.72 Å². The molecule has 0 saturated carbocycles. The quantitative estimate of drug-likeness (QED) is 0.215. The van der Waals surface area contributed by atoms with Gasteiger partial charge in [-0.25, -0.2) is 4.98 Å². The maximum absolute atomic E-state index is 12.1. The molecule has 5 heteroatoms. The monoisotopic (exact) mass is 483 g/mol. The van der Waals surface area contributed by atoms with Crippen molar-refractivity contribution in [3.8, 4) is 5.75 Å². The van der Waals surface area contributed by atoms with Crippen LogP contribution in [0.1, 0.15) is 49.1 Å². The van der Waals surface area contributed by atoms with Crippen LogP contribution >= 0.6 is 0 Å². The largest absolute Gasteiger partial charge is 0.494 e. The maximum atomic E-state index is 12.1. The van der Waals surface area contributed by atoms with Crippen LogP contribution in [0.4, 0.5) is 0 Å². The summed E-state index contributed by atoms with van der Waals surface area (Å²) in [5.74, 6) is 2.19. The average molecular weight is 484 g/mol. The lowest BCUT2D eigenvalue weighted by Gasteiger charge is -2.11. The highest BCUT2D eigenvalue weighted by Gasteiger charge is 2.10. The van der Waals surface area contributed by atoms with Gasteiger partial charge in [0.1, 0.15) is 11.6 Å². The molecule has 3 aromatic carbocycles. The normalized spacial score (nSPS) is 11.0. The van der Waals surface area contributed by atoms with Crippen LogP contribution in [0.15, 0.2) is 78.9 Å². The number of rotatable bonds is 14. The molecule has 0 radical (unpaired) electrons. The van der Waals surface area contributed by atoms with Crippen molar-refractivity contribution in [3.63, 3.8) is 0 Å². The molecular weight excluding hydrogens is 446 g/mol. The predicted molar refractivity (Wildman–Crippen MR) is 146 cm³/mol. The molecule has 5 nitrogen and oxygen atoms in total. The van der Waals surface area contributed by atoms with E-state index >= 15 is 0 Å². The molecule has 0 atom stereocenters. The first-order chi connectivity index (χ1) is 17.7. The second-order valence-corrected chi connectivity index (χ2v) is 9.33. The number of aryl methyl sites for hydroxylation is 4. The van der Waals surface area contributed by atoms with Gasteiger partial charge in [-0.15, -0.1) is 0 Å². The van der Waals surface area contributed by atoms with Gasteiger partial charge < -0.3 is 14.6 Å². The maximum Gasteiger partial charge on any atom is 0.220 e. The zero-order chi connectivity index (χ0) is 25.0. The molecule has 36 heavy (non-hydrogen) atoms. The van der Waals surface area contributed by atoms with Gasteiger partial charge in [0.05, 0.1) is 17.6 Å². The van der Waals surface area contributed by atoms with Gasteiger partial charge >= 0.3 is 0 Å². The molecule has 4 rings (SSSR count). The van der Waals surface area contributed by atoms with Gasteiger partial charge in [0, 0.05) is 25.9 Å². The van der Waals surface area contributed by atoms with Crippen molar-refractivity contribution in [3.05, 3.63) is 95.8 Å². The number of para-hydroxylation sites is 2. The number of hydrogen-bond donors (Lipinski definition) is 1. The number of unbranched alkanes of at least 4 members (excludes halogenated alkanes) is 2. The van der Waals surface area contributed by atoms with Crippen molar-refractivity contribution in [1.29, 1.82) is 0 Å². The SMILES string of the molecule is Cc1ccc(OCCCn2c(CCCCCNC(=O)CCc3ccccc3)nc3ccccc32)cc1. The molecule has 0 aliphatic heterocycles. The Morgan fingerprint density at radius 3 is 2.47 bits per heavy atom. The fourth-order valence-electron chi connectivity index (χ4n) is 4.42. The zero-order valence-electron chi connectivity index (χ0n) is 21.3. The molecule has 0 fully saturated rings. The van der Waals surface area contributed by atoms with Gasteiger partial charge in [0.15, 0.2) is 0 Å². The minimum Gasteiger partial charge on any atom is -0.494 e. The third-order valence-electron chi connectivity index (χ3n) is 6.43. The minimum absolute atomic E-state index is 0.133. The lowest BCUT2D eigenvalue weighted by atomic mass is 10.1. The van der Waals surface area contributed by atoms with Gasteiger partial charge in [-0.05, 0) is 62.4 Å². The first-order valence-corrected chi connectivity index (χ1v) is 13.1. The van der Waals surface area contributed by atoms with E-state index in [1.807, 2.05) is 36.4 Å². The van der Waals surface area contributed by atoms with E-state index in [0.29, 0.717) is 13.0 Å². The molecule has 0 aliphatic rings. The molecule has 0 unspecified atom stereocenters. The zero-order valence-corrected chi connectivity index (χ0v) is 21.3. The van der Waals surface area contributed by atoms with Crippen molar-refractivity contribution in [2.75, 3.05) is 13.2 Å². The van der Waals surface area contributed by atoms with E-state index < -0.39 is 0 Å². The first-order valence-electron chi connectivity index (χ1n) is 13.1. The number of carbonyl (C=O) groups excluding carboxylic acids is 1. The van der Waals surface area contributed by atoms with Crippen molar-refractivity contribution < 1.29 is 9.53 Å². The van der Waals surface area contributed by atoms with Gasteiger partial charge in [0.25, 0.3) is 0 Å². The Bertz CT molecular complexity index is 1220. The van der Waals surface area contributed by atoms with Crippen LogP contribution in [0.25, 0.3) is 11.0 Å². The third-order valence-corrected chi connectivity index (χ3v) is 6.43. The number of carbonyl (C=O) groups is 1. The topological polar surface area (TPSA) is 56.1 Å². The van der Waals surface area contributed by atoms with Gasteiger partial charge in [-0.3, -0.25) is 4.79 Å². The van der Waals surface area contributed by atoms with Crippen LogP contribution in [0.5, 0.6) is 5.75 Å². The molecule has 4 aromatic rings. The summed E-state index contributed by atoms with van der Waals surface area (Å²) in [7, 11) is 0. The number of benzene rings is 3. The van der Waals surface area contributed by atoms with Crippen molar-refractivity contribution in [2.24, 2.45) is 0 Å². The Labute approximate surface area is 214 Å². The Kier molecular flexibility index (Phi) is 9.54. The minimum atomic E-state index is 0.133. The van der Waals surface area contributed by atoms with Crippen molar-refractivity contribution >= 4 is 16.9 Å². The van der Waals surface area contributed by atoms with E-state index in [2.05, 4.69) is 59.3 Å². The second-order valence-electron chi connectivity index (χ2n) is 9.33. The smallest absolute Gasteiger partial charge is 0.220 e. The molecule has 1 N–H and O–H groups in total. The standard InChI is InChI=1S/C31H37N3O2/c1-25-16-19-27(20-17-25)36-24-10-23-34-29-14-8-7-13-28(29)33-30(34)15-6-3-9-22-32-31(35)21-18-26-11-4-2-5-12-26/h2,4-5,7-8,11-14,16-17,19-20H,3,6,9-10,15,18,21-24H2,1H3,(H,32,35). The summed E-state index contributed by atoms with van der Waals surface area (Å²) >= 11 is 0. The number of nitrogens with one attached hydrogen (secondary N) is 1. The van der Waals surface area contributed by atoms with E-state index in [-0.39, 0.29) is 5.91 Å². The first kappa shape index (κ1) is 25.5. The summed E-state index contributed by atoms with van der Waals surface area (Å²) in [6.07, 6.45) is 6.32. The molecule has 0 bridgehead atoms. The fourth-order valence-corrected chi connectivity index (χ4v) is 4.42. The van der Waals surface area contributed by atoms with Crippen LogP contribution in [-0.4, -0.2) is 28.6 Å². The Hall–Kier alpha value is -3.60. The number of ether oxygens (including phenoxy) is 1. The lowest BCUT2D eigenvalue weighted by Crippen LogP contribution is -2.24. The summed E-state index contributed by atoms with van der Waals surface area (Å²) in [4.78, 5) is 17.0. The van der Waals surface area contributed by atoms with E-state index in [9.17, 15) is 4.79 Å². The molecule has 0 aliphatic carbocycles. The van der Waals surface area contributed by atoms with Crippen molar-refractivity contribution in [1.82, 2.24) is 14.9 Å². The number of nitrogens with zero attached hydrogens (tertiary/aromatic N) is 2. The molecule has 1 amide bonds. The van der Waals surface area contributed by atoms with Crippen LogP contribution in [0.3, 0.4) is 0 Å². The highest BCUT2D eigenvalue weighted by atomic mass is 16.5. The lowest BCUT2D eigenvalue weighted by molar-refractivity contribution is -0.121. The Morgan fingerprint density at radius 2 is 1.64 bits per heavy atom. The van der Waals surface area contributed by atoms with Gasteiger partial charge in [0.2, 0.25) is 5.91 Å². The second kappa shape index (κ2) is 13.5. The van der Waals surface area contributed by atoms with Crippen molar-refractivity contribution in [2.45, 2.75) is 58.4 Å². The Balaban J connectivity index is 1.18. The summed E-state index contributed by atoms with van der Waals surface area (Å²) in [6.45, 7) is 4.39. The highest BCUT2D eigenvalue weighted by molar-refractivity contribution is 5.76. The van der Waals surface area contributed by atoms with Crippen LogP contribution in [0.2, 0.25) is 0 Å². The third kappa shape index (κ3) is 7.70. The van der Waals surface area contributed by atoms with Gasteiger partial charge in [-0.1, -0.05) is 66.6 Å². The molecule has 0 spiro atoms. The van der Waals surface area contributed by atoms with Crippen LogP contribution in [-0.2, 0) is 24.2 Å².